The van der Waals surface area contributed by atoms with E-state index in [1.807, 2.05) is 32.0 Å². The van der Waals surface area contributed by atoms with Gasteiger partial charge in [-0.05, 0) is 42.7 Å². The van der Waals surface area contributed by atoms with E-state index >= 15 is 0 Å². The van der Waals surface area contributed by atoms with E-state index in [0.29, 0.717) is 16.5 Å². The molecular weight excluding hydrogens is 352 g/mol. The average Bonchev–Trinajstić information content (AvgIpc) is 2.59. The minimum atomic E-state index is -0.328. The van der Waals surface area contributed by atoms with E-state index in [2.05, 4.69) is 5.32 Å². The zero-order valence-corrected chi connectivity index (χ0v) is 16.2. The first-order chi connectivity index (χ1) is 12.4. The quantitative estimate of drug-likeness (QED) is 0.823. The van der Waals surface area contributed by atoms with E-state index in [0.717, 1.165) is 23.2 Å². The van der Waals surface area contributed by atoms with Gasteiger partial charge in [-0.2, -0.15) is 0 Å². The minimum Gasteiger partial charge on any atom is -0.495 e. The molecule has 0 aliphatic heterocycles. The normalized spacial score (nSPS) is 10.3. The van der Waals surface area contributed by atoms with Gasteiger partial charge in [0.1, 0.15) is 12.3 Å². The van der Waals surface area contributed by atoms with Crippen LogP contribution in [0.3, 0.4) is 0 Å². The van der Waals surface area contributed by atoms with Crippen molar-refractivity contribution in [3.05, 3.63) is 52.5 Å². The Morgan fingerprint density at radius 1 is 1.23 bits per heavy atom. The van der Waals surface area contributed by atoms with Crippen molar-refractivity contribution in [1.82, 2.24) is 0 Å². The number of hydrogen-bond acceptors (Lipinski definition) is 3. The summed E-state index contributed by atoms with van der Waals surface area (Å²) in [5.74, 6) is -0.0180. The molecule has 0 atom stereocenters. The Morgan fingerprint density at radius 3 is 2.58 bits per heavy atom. The zero-order chi connectivity index (χ0) is 19.3. The maximum absolute atomic E-state index is 12.6. The third-order valence-electron chi connectivity index (χ3n) is 4.09. The van der Waals surface area contributed by atoms with E-state index in [9.17, 15) is 9.59 Å². The lowest BCUT2D eigenvalue weighted by atomic mass is 10.0. The second-order valence-corrected chi connectivity index (χ2v) is 6.37. The molecule has 0 radical (unpaired) electrons. The summed E-state index contributed by atoms with van der Waals surface area (Å²) in [5, 5.41) is 3.26. The highest BCUT2D eigenvalue weighted by Crippen LogP contribution is 2.29. The molecule has 0 saturated carbocycles. The van der Waals surface area contributed by atoms with Crippen LogP contribution < -0.4 is 15.0 Å². The number of nitrogens with one attached hydrogen (secondary N) is 1. The Hall–Kier alpha value is -2.53. The standard InChI is InChI=1S/C20H23ClN2O3/c1-5-15-8-6-7-13(2)20(15)23(14(3)24)12-19(25)22-17-11-16(21)9-10-18(17)26-4/h6-11H,5,12H2,1-4H3,(H,22,25). The molecule has 6 heteroatoms. The number of ether oxygens (including phenoxy) is 1. The summed E-state index contributed by atoms with van der Waals surface area (Å²) in [6, 6.07) is 10.8. The van der Waals surface area contributed by atoms with Gasteiger partial charge in [0.2, 0.25) is 11.8 Å². The highest BCUT2D eigenvalue weighted by Gasteiger charge is 2.20. The fourth-order valence-electron chi connectivity index (χ4n) is 2.85. The molecule has 1 N–H and O–H groups in total. The van der Waals surface area contributed by atoms with Crippen LogP contribution in [0.1, 0.15) is 25.0 Å². The molecule has 5 nitrogen and oxygen atoms in total. The lowest BCUT2D eigenvalue weighted by molar-refractivity contribution is -0.120. The Kier molecular flexibility index (Phi) is 6.64. The molecule has 2 rings (SSSR count). The lowest BCUT2D eigenvalue weighted by Gasteiger charge is -2.25. The van der Waals surface area contributed by atoms with E-state index in [1.165, 1.54) is 18.9 Å². The number of rotatable bonds is 6. The number of carbonyl (C=O) groups is 2. The third-order valence-corrected chi connectivity index (χ3v) is 4.32. The Bertz CT molecular complexity index is 821. The lowest BCUT2D eigenvalue weighted by Crippen LogP contribution is -2.37. The number of para-hydroxylation sites is 1. The molecule has 0 aromatic heterocycles. The predicted octanol–water partition coefficient (Wildman–Crippen LogP) is 4.21. The Labute approximate surface area is 158 Å². The van der Waals surface area contributed by atoms with Crippen LogP contribution in [0.4, 0.5) is 11.4 Å². The van der Waals surface area contributed by atoms with E-state index in [-0.39, 0.29) is 18.4 Å². The summed E-state index contributed by atoms with van der Waals surface area (Å²) in [5.41, 5.74) is 3.23. The summed E-state index contributed by atoms with van der Waals surface area (Å²) in [6.07, 6.45) is 0.768. The van der Waals surface area contributed by atoms with Gasteiger partial charge >= 0.3 is 0 Å². The van der Waals surface area contributed by atoms with Crippen molar-refractivity contribution in [3.8, 4) is 5.75 Å². The van der Waals surface area contributed by atoms with Gasteiger partial charge in [0, 0.05) is 11.9 Å². The molecule has 0 fully saturated rings. The van der Waals surface area contributed by atoms with Crippen LogP contribution in [0.25, 0.3) is 0 Å². The summed E-state index contributed by atoms with van der Waals surface area (Å²) in [4.78, 5) is 26.3. The fourth-order valence-corrected chi connectivity index (χ4v) is 3.02. The molecule has 0 aliphatic carbocycles. The van der Waals surface area contributed by atoms with Crippen molar-refractivity contribution in [3.63, 3.8) is 0 Å². The van der Waals surface area contributed by atoms with Crippen molar-refractivity contribution < 1.29 is 14.3 Å². The summed E-state index contributed by atoms with van der Waals surface area (Å²) in [7, 11) is 1.52. The van der Waals surface area contributed by atoms with Crippen LogP contribution in [0.15, 0.2) is 36.4 Å². The molecular formula is C20H23ClN2O3. The molecule has 0 heterocycles. The average molecular weight is 375 g/mol. The van der Waals surface area contributed by atoms with Crippen LogP contribution in [-0.2, 0) is 16.0 Å². The number of amides is 2. The number of benzene rings is 2. The number of carbonyl (C=O) groups excluding carboxylic acids is 2. The summed E-state index contributed by atoms with van der Waals surface area (Å²) in [6.45, 7) is 5.32. The van der Waals surface area contributed by atoms with Crippen LogP contribution >= 0.6 is 11.6 Å². The smallest absolute Gasteiger partial charge is 0.244 e. The van der Waals surface area contributed by atoms with Crippen LogP contribution in [0, 0.1) is 6.92 Å². The monoisotopic (exact) mass is 374 g/mol. The minimum absolute atomic E-state index is 0.0944. The first-order valence-corrected chi connectivity index (χ1v) is 8.75. The van der Waals surface area contributed by atoms with E-state index < -0.39 is 0 Å². The molecule has 2 amide bonds. The van der Waals surface area contributed by atoms with E-state index in [4.69, 9.17) is 16.3 Å². The van der Waals surface area contributed by atoms with Gasteiger partial charge in [0.25, 0.3) is 0 Å². The number of hydrogen-bond donors (Lipinski definition) is 1. The molecule has 0 saturated heterocycles. The zero-order valence-electron chi connectivity index (χ0n) is 15.4. The Balaban J connectivity index is 2.28. The Morgan fingerprint density at radius 2 is 1.96 bits per heavy atom. The first kappa shape index (κ1) is 19.8. The predicted molar refractivity (Wildman–Crippen MR) is 105 cm³/mol. The number of methoxy groups -OCH3 is 1. The molecule has 0 spiro atoms. The molecule has 2 aromatic rings. The van der Waals surface area contributed by atoms with Crippen molar-refractivity contribution in [2.75, 3.05) is 23.9 Å². The number of aryl methyl sites for hydroxylation is 2. The van der Waals surface area contributed by atoms with Crippen LogP contribution in [0.5, 0.6) is 5.75 Å². The van der Waals surface area contributed by atoms with Crippen molar-refractivity contribution in [2.24, 2.45) is 0 Å². The van der Waals surface area contributed by atoms with Crippen molar-refractivity contribution in [2.45, 2.75) is 27.2 Å². The summed E-state index contributed by atoms with van der Waals surface area (Å²) < 4.78 is 5.24. The summed E-state index contributed by atoms with van der Waals surface area (Å²) >= 11 is 6.00. The maximum atomic E-state index is 12.6. The van der Waals surface area contributed by atoms with Crippen molar-refractivity contribution >= 4 is 34.8 Å². The molecule has 26 heavy (non-hydrogen) atoms. The van der Waals surface area contributed by atoms with Gasteiger partial charge < -0.3 is 15.0 Å². The first-order valence-electron chi connectivity index (χ1n) is 8.37. The van der Waals surface area contributed by atoms with Gasteiger partial charge in [0.15, 0.2) is 0 Å². The maximum Gasteiger partial charge on any atom is 0.244 e. The van der Waals surface area contributed by atoms with E-state index in [1.54, 1.807) is 18.2 Å². The largest absolute Gasteiger partial charge is 0.495 e. The SMILES string of the molecule is CCc1cccc(C)c1N(CC(=O)Nc1cc(Cl)ccc1OC)C(C)=O. The number of anilines is 2. The third kappa shape index (κ3) is 4.55. The number of nitrogens with zero attached hydrogens (tertiary/aromatic N) is 1. The fraction of sp³-hybridized carbons (Fsp3) is 0.300. The molecule has 0 unspecified atom stereocenters. The number of halogens is 1. The topological polar surface area (TPSA) is 58.6 Å². The van der Waals surface area contributed by atoms with Gasteiger partial charge in [0.05, 0.1) is 18.5 Å². The molecule has 2 aromatic carbocycles. The molecule has 138 valence electrons. The molecule has 0 bridgehead atoms. The highest BCUT2D eigenvalue weighted by atomic mass is 35.5. The van der Waals surface area contributed by atoms with Crippen LogP contribution in [-0.4, -0.2) is 25.5 Å². The van der Waals surface area contributed by atoms with Gasteiger partial charge in [-0.15, -0.1) is 0 Å². The van der Waals surface area contributed by atoms with Crippen molar-refractivity contribution in [1.29, 1.82) is 0 Å². The van der Waals surface area contributed by atoms with Gasteiger partial charge in [-0.1, -0.05) is 36.7 Å². The highest BCUT2D eigenvalue weighted by molar-refractivity contribution is 6.31. The van der Waals surface area contributed by atoms with Gasteiger partial charge in [-0.25, -0.2) is 0 Å². The van der Waals surface area contributed by atoms with Gasteiger partial charge in [-0.3, -0.25) is 9.59 Å². The second kappa shape index (κ2) is 8.72. The molecule has 0 aliphatic rings. The second-order valence-electron chi connectivity index (χ2n) is 5.93. The van der Waals surface area contributed by atoms with Crippen LogP contribution in [0.2, 0.25) is 5.02 Å².